The van der Waals surface area contributed by atoms with Gasteiger partial charge in [-0.15, -0.1) is 13.2 Å². The van der Waals surface area contributed by atoms with Gasteiger partial charge in [-0.2, -0.15) is 0 Å². The van der Waals surface area contributed by atoms with Crippen molar-refractivity contribution in [2.24, 2.45) is 0 Å². The van der Waals surface area contributed by atoms with Gasteiger partial charge in [0.1, 0.15) is 11.4 Å². The van der Waals surface area contributed by atoms with Crippen LogP contribution in [-0.4, -0.2) is 76.8 Å². The fourth-order valence-electron chi connectivity index (χ4n) is 6.31. The van der Waals surface area contributed by atoms with Gasteiger partial charge in [0.05, 0.1) is 24.7 Å². The number of carbonyl (C=O) groups excluding carboxylic acids is 1. The van der Waals surface area contributed by atoms with Crippen molar-refractivity contribution in [3.63, 3.8) is 0 Å². The minimum Gasteiger partial charge on any atom is -0.406 e. The number of hydrogen-bond acceptors (Lipinski definition) is 6. The lowest BCUT2D eigenvalue weighted by Gasteiger charge is -2.41. The van der Waals surface area contributed by atoms with Gasteiger partial charge >= 0.3 is 6.36 Å². The number of carbonyl (C=O) groups is 1. The molecule has 1 aliphatic heterocycles. The van der Waals surface area contributed by atoms with Gasteiger partial charge in [-0.1, -0.05) is 55.3 Å². The van der Waals surface area contributed by atoms with Gasteiger partial charge < -0.3 is 29.4 Å². The Morgan fingerprint density at radius 2 is 1.98 bits per heavy atom. The second-order valence-corrected chi connectivity index (χ2v) is 11.1. The molecule has 2 aromatic carbocycles. The molecule has 1 amide bonds. The third kappa shape index (κ3) is 6.79. The number of halogens is 3. The minimum absolute atomic E-state index is 0.183. The highest BCUT2D eigenvalue weighted by Crippen LogP contribution is 2.41. The Hall–Kier alpha value is -3.41. The summed E-state index contributed by atoms with van der Waals surface area (Å²) in [4.78, 5) is 20.7. The first-order valence-electron chi connectivity index (χ1n) is 14.4. The second kappa shape index (κ2) is 12.8. The first-order valence-corrected chi connectivity index (χ1v) is 14.4. The predicted octanol–water partition coefficient (Wildman–Crippen LogP) is 4.99. The van der Waals surface area contributed by atoms with Crippen LogP contribution in [0.1, 0.15) is 54.2 Å². The van der Waals surface area contributed by atoms with Crippen LogP contribution in [0, 0.1) is 0 Å². The van der Waals surface area contributed by atoms with E-state index in [1.807, 2.05) is 39.8 Å². The van der Waals surface area contributed by atoms with Crippen molar-refractivity contribution < 1.29 is 32.5 Å². The lowest BCUT2D eigenvalue weighted by molar-refractivity contribution is -0.274. The van der Waals surface area contributed by atoms with Crippen LogP contribution in [-0.2, 0) is 11.2 Å². The maximum Gasteiger partial charge on any atom is 0.573 e. The summed E-state index contributed by atoms with van der Waals surface area (Å²) in [6.07, 6.45) is 1.09. The van der Waals surface area contributed by atoms with E-state index in [0.29, 0.717) is 55.8 Å². The van der Waals surface area contributed by atoms with Gasteiger partial charge in [0.2, 0.25) is 0 Å². The smallest absolute Gasteiger partial charge is 0.406 e. The summed E-state index contributed by atoms with van der Waals surface area (Å²) in [7, 11) is 1.58. The maximum absolute atomic E-state index is 14.2. The SMILES string of the molecule is COC[C@]1(O)CCCC[C@H]1n1cnc(C(=O)N2CCNC[C@H]2CCc2cccc(OC(F)(F)F)c2)c1-c1ccccc1. The number of alkyl halides is 3. The third-order valence-electron chi connectivity index (χ3n) is 8.24. The monoisotopic (exact) mass is 586 g/mol. The van der Waals surface area contributed by atoms with Crippen LogP contribution in [0.3, 0.4) is 0 Å². The predicted molar refractivity (Wildman–Crippen MR) is 151 cm³/mol. The number of nitrogens with zero attached hydrogens (tertiary/aromatic N) is 3. The molecule has 0 spiro atoms. The zero-order valence-electron chi connectivity index (χ0n) is 23.6. The molecule has 2 N–H and O–H groups in total. The van der Waals surface area contributed by atoms with Crippen molar-refractivity contribution in [2.75, 3.05) is 33.4 Å². The number of methoxy groups -OCH3 is 1. The van der Waals surface area contributed by atoms with E-state index in [9.17, 15) is 23.1 Å². The molecule has 0 unspecified atom stereocenters. The highest BCUT2D eigenvalue weighted by Gasteiger charge is 2.42. The average Bonchev–Trinajstić information content (AvgIpc) is 3.41. The Balaban J connectivity index is 1.42. The molecule has 42 heavy (non-hydrogen) atoms. The fraction of sp³-hybridized carbons (Fsp3) is 0.484. The summed E-state index contributed by atoms with van der Waals surface area (Å²) < 4.78 is 49.6. The van der Waals surface area contributed by atoms with E-state index in [1.165, 1.54) is 18.2 Å². The standard InChI is InChI=1S/C31H37F3N4O4/c1-41-20-30(40)15-6-5-12-26(30)38-21-36-27(28(38)23-9-3-2-4-10-23)29(39)37-17-16-35-19-24(37)14-13-22-8-7-11-25(18-22)42-31(32,33)34/h2-4,7-11,18,21,24,26,35,40H,5-6,12-17,19-20H2,1H3/t24-,26-,30-/m1/s1. The van der Waals surface area contributed by atoms with Crippen LogP contribution in [0.25, 0.3) is 11.3 Å². The first kappa shape index (κ1) is 30.1. The number of rotatable bonds is 9. The summed E-state index contributed by atoms with van der Waals surface area (Å²) in [6, 6.07) is 15.1. The van der Waals surface area contributed by atoms with Crippen LogP contribution >= 0.6 is 0 Å². The fourth-order valence-corrected chi connectivity index (χ4v) is 6.31. The van der Waals surface area contributed by atoms with Crippen LogP contribution in [0.2, 0.25) is 0 Å². The van der Waals surface area contributed by atoms with Crippen molar-refractivity contribution in [2.45, 2.75) is 62.6 Å². The van der Waals surface area contributed by atoms with E-state index in [0.717, 1.165) is 24.8 Å². The molecule has 5 rings (SSSR count). The van der Waals surface area contributed by atoms with Crippen molar-refractivity contribution in [3.8, 4) is 17.0 Å². The summed E-state index contributed by atoms with van der Waals surface area (Å²) in [6.45, 7) is 1.83. The Labute approximate surface area is 243 Å². The van der Waals surface area contributed by atoms with Crippen molar-refractivity contribution in [1.29, 1.82) is 0 Å². The van der Waals surface area contributed by atoms with Gasteiger partial charge in [-0.3, -0.25) is 4.79 Å². The molecule has 0 radical (unpaired) electrons. The molecule has 0 bridgehead atoms. The number of piperazine rings is 1. The molecule has 8 nitrogen and oxygen atoms in total. The molecular weight excluding hydrogens is 549 g/mol. The Bertz CT molecular complexity index is 1350. The molecule has 226 valence electrons. The number of aliphatic hydroxyl groups is 1. The summed E-state index contributed by atoms with van der Waals surface area (Å²) in [5.74, 6) is -0.469. The van der Waals surface area contributed by atoms with Crippen LogP contribution < -0.4 is 10.1 Å². The number of aromatic nitrogens is 2. The number of benzene rings is 2. The van der Waals surface area contributed by atoms with Gasteiger partial charge in [0, 0.05) is 38.3 Å². The third-order valence-corrected chi connectivity index (χ3v) is 8.24. The van der Waals surface area contributed by atoms with E-state index in [-0.39, 0.29) is 30.3 Å². The van der Waals surface area contributed by atoms with Crippen molar-refractivity contribution in [1.82, 2.24) is 19.8 Å². The molecule has 3 atom stereocenters. The molecule has 3 aromatic rings. The Morgan fingerprint density at radius 1 is 1.17 bits per heavy atom. The normalized spacial score (nSPS) is 23.1. The zero-order chi connectivity index (χ0) is 29.7. The summed E-state index contributed by atoms with van der Waals surface area (Å²) >= 11 is 0. The molecule has 1 aromatic heterocycles. The van der Waals surface area contributed by atoms with E-state index in [1.54, 1.807) is 19.5 Å². The number of amides is 1. The summed E-state index contributed by atoms with van der Waals surface area (Å²) in [5, 5.41) is 14.9. The first-order chi connectivity index (χ1) is 20.2. The summed E-state index contributed by atoms with van der Waals surface area (Å²) in [5.41, 5.74) is 1.42. The van der Waals surface area contributed by atoms with Crippen LogP contribution in [0.15, 0.2) is 60.9 Å². The quantitative estimate of drug-likeness (QED) is 0.368. The Morgan fingerprint density at radius 3 is 2.74 bits per heavy atom. The van der Waals surface area contributed by atoms with Gasteiger partial charge in [-0.05, 0) is 43.4 Å². The van der Waals surface area contributed by atoms with Gasteiger partial charge in [0.25, 0.3) is 5.91 Å². The lowest BCUT2D eigenvalue weighted by Crippen LogP contribution is -2.54. The molecule has 1 saturated heterocycles. The van der Waals surface area contributed by atoms with Crippen molar-refractivity contribution >= 4 is 5.91 Å². The van der Waals surface area contributed by atoms with Crippen LogP contribution in [0.5, 0.6) is 5.75 Å². The number of imidazole rings is 1. The number of hydrogen-bond donors (Lipinski definition) is 2. The number of nitrogens with one attached hydrogen (secondary N) is 1. The molecule has 2 fully saturated rings. The number of aryl methyl sites for hydroxylation is 1. The molecule has 2 aliphatic rings. The highest BCUT2D eigenvalue weighted by atomic mass is 19.4. The Kier molecular flexibility index (Phi) is 9.19. The van der Waals surface area contributed by atoms with Crippen LogP contribution in [0.4, 0.5) is 13.2 Å². The average molecular weight is 587 g/mol. The lowest BCUT2D eigenvalue weighted by atomic mass is 9.80. The van der Waals surface area contributed by atoms with Gasteiger partial charge in [0.15, 0.2) is 5.69 Å². The highest BCUT2D eigenvalue weighted by molar-refractivity contribution is 5.98. The molecular formula is C31H37F3N4O4. The van der Waals surface area contributed by atoms with Gasteiger partial charge in [-0.25, -0.2) is 4.98 Å². The number of ether oxygens (including phenoxy) is 2. The molecule has 1 saturated carbocycles. The van der Waals surface area contributed by atoms with E-state index in [4.69, 9.17) is 4.74 Å². The topological polar surface area (TPSA) is 88.8 Å². The maximum atomic E-state index is 14.2. The molecule has 11 heteroatoms. The second-order valence-electron chi connectivity index (χ2n) is 11.1. The minimum atomic E-state index is -4.76. The van der Waals surface area contributed by atoms with E-state index in [2.05, 4.69) is 15.0 Å². The molecule has 1 aliphatic carbocycles. The zero-order valence-corrected chi connectivity index (χ0v) is 23.6. The largest absolute Gasteiger partial charge is 0.573 e. The van der Waals surface area contributed by atoms with Crippen molar-refractivity contribution in [3.05, 3.63) is 72.2 Å². The van der Waals surface area contributed by atoms with E-state index >= 15 is 0 Å². The van der Waals surface area contributed by atoms with E-state index < -0.39 is 12.0 Å². The molecule has 2 heterocycles.